The summed E-state index contributed by atoms with van der Waals surface area (Å²) in [7, 11) is 2.89. The van der Waals surface area contributed by atoms with E-state index in [9.17, 15) is 18.8 Å². The third kappa shape index (κ3) is 5.54. The molecule has 1 aromatic heterocycles. The van der Waals surface area contributed by atoms with Crippen LogP contribution in [0.1, 0.15) is 29.9 Å². The number of carbonyl (C=O) groups is 2. The number of nitrogens with zero attached hydrogens (tertiary/aromatic N) is 3. The van der Waals surface area contributed by atoms with Gasteiger partial charge in [0.2, 0.25) is 0 Å². The van der Waals surface area contributed by atoms with Crippen LogP contribution in [0.25, 0.3) is 10.8 Å². The van der Waals surface area contributed by atoms with Gasteiger partial charge >= 0.3 is 5.97 Å². The lowest BCUT2D eigenvalue weighted by atomic mass is 10.1. The molecular weight excluding hydrogens is 429 g/mol. The highest BCUT2D eigenvalue weighted by atomic mass is 19.1. The number of benzene rings is 2. The van der Waals surface area contributed by atoms with E-state index in [-0.39, 0.29) is 29.5 Å². The lowest BCUT2D eigenvalue weighted by Gasteiger charge is -2.18. The Morgan fingerprint density at radius 2 is 1.85 bits per heavy atom. The van der Waals surface area contributed by atoms with Crippen LogP contribution in [0.2, 0.25) is 0 Å². The van der Waals surface area contributed by atoms with Crippen LogP contribution in [0, 0.1) is 11.7 Å². The number of fused-ring (bicyclic) bond motifs is 1. The summed E-state index contributed by atoms with van der Waals surface area (Å²) in [5.74, 6) is -1.56. The number of halogens is 1. The fourth-order valence-corrected chi connectivity index (χ4v) is 3.33. The number of likely N-dealkylation sites (N-methyl/N-ethyl adjacent to an activating group) is 1. The molecule has 0 unspecified atom stereocenters. The van der Waals surface area contributed by atoms with Crippen molar-refractivity contribution in [3.63, 3.8) is 0 Å². The fraction of sp³-hybridized carbons (Fsp3) is 0.333. The SMILES string of the molecule is COc1ccc(CN(C)C(=O)COC(=O)c2nn(CC(C)C)c(=O)c3ccccc23)cc1F. The van der Waals surface area contributed by atoms with Crippen molar-refractivity contribution in [2.24, 2.45) is 5.92 Å². The van der Waals surface area contributed by atoms with Crippen molar-refractivity contribution < 1.29 is 23.5 Å². The predicted molar refractivity (Wildman–Crippen MR) is 121 cm³/mol. The van der Waals surface area contributed by atoms with Crippen LogP contribution in [0.3, 0.4) is 0 Å². The molecule has 0 radical (unpaired) electrons. The molecule has 0 bridgehead atoms. The van der Waals surface area contributed by atoms with Crippen LogP contribution in [0.15, 0.2) is 47.3 Å². The van der Waals surface area contributed by atoms with Crippen LogP contribution >= 0.6 is 0 Å². The molecule has 0 atom stereocenters. The molecule has 0 aliphatic carbocycles. The van der Waals surface area contributed by atoms with E-state index >= 15 is 0 Å². The quantitative estimate of drug-likeness (QED) is 0.485. The molecule has 3 aromatic rings. The molecule has 3 rings (SSSR count). The minimum Gasteiger partial charge on any atom is -0.494 e. The number of ether oxygens (including phenoxy) is 2. The molecule has 9 heteroatoms. The maximum atomic E-state index is 13.9. The van der Waals surface area contributed by atoms with Gasteiger partial charge in [-0.3, -0.25) is 9.59 Å². The Balaban J connectivity index is 1.73. The average Bonchev–Trinajstić information content (AvgIpc) is 2.79. The Hall–Kier alpha value is -3.75. The average molecular weight is 455 g/mol. The molecule has 0 saturated carbocycles. The van der Waals surface area contributed by atoms with Gasteiger partial charge in [0.15, 0.2) is 23.9 Å². The molecule has 0 fully saturated rings. The minimum atomic E-state index is -0.805. The molecule has 8 nitrogen and oxygen atoms in total. The van der Waals surface area contributed by atoms with E-state index in [4.69, 9.17) is 9.47 Å². The second-order valence-corrected chi connectivity index (χ2v) is 8.07. The van der Waals surface area contributed by atoms with Crippen LogP contribution in [0.4, 0.5) is 4.39 Å². The second-order valence-electron chi connectivity index (χ2n) is 8.07. The number of carbonyl (C=O) groups excluding carboxylic acids is 2. The summed E-state index contributed by atoms with van der Waals surface area (Å²) < 4.78 is 25.2. The van der Waals surface area contributed by atoms with Gasteiger partial charge in [0.25, 0.3) is 11.5 Å². The van der Waals surface area contributed by atoms with Crippen molar-refractivity contribution in [3.8, 4) is 5.75 Å². The second kappa shape index (κ2) is 10.2. The molecule has 1 heterocycles. The van der Waals surface area contributed by atoms with Gasteiger partial charge < -0.3 is 14.4 Å². The molecular formula is C24H26FN3O5. The maximum absolute atomic E-state index is 13.9. The number of esters is 1. The smallest absolute Gasteiger partial charge is 0.359 e. The Bertz CT molecular complexity index is 1240. The van der Waals surface area contributed by atoms with Crippen LogP contribution < -0.4 is 10.3 Å². The van der Waals surface area contributed by atoms with Crippen molar-refractivity contribution in [2.45, 2.75) is 26.9 Å². The van der Waals surface area contributed by atoms with E-state index in [0.29, 0.717) is 22.9 Å². The van der Waals surface area contributed by atoms with Crippen LogP contribution in [0.5, 0.6) is 5.75 Å². The monoisotopic (exact) mass is 455 g/mol. The zero-order valence-corrected chi connectivity index (χ0v) is 19.0. The standard InChI is InChI=1S/C24H26FN3O5/c1-15(2)12-28-23(30)18-8-6-5-7-17(18)22(26-28)24(31)33-14-21(29)27(3)13-16-9-10-20(32-4)19(25)11-16/h5-11,15H,12-14H2,1-4H3. The summed E-state index contributed by atoms with van der Waals surface area (Å²) >= 11 is 0. The molecule has 0 aliphatic heterocycles. The Morgan fingerprint density at radius 3 is 2.48 bits per heavy atom. The first-order valence-corrected chi connectivity index (χ1v) is 10.4. The van der Waals surface area contributed by atoms with Crippen molar-refractivity contribution in [1.82, 2.24) is 14.7 Å². The van der Waals surface area contributed by atoms with Gasteiger partial charge in [0.05, 0.1) is 12.5 Å². The number of hydrogen-bond donors (Lipinski definition) is 0. The van der Waals surface area contributed by atoms with E-state index < -0.39 is 24.3 Å². The molecule has 33 heavy (non-hydrogen) atoms. The summed E-state index contributed by atoms with van der Waals surface area (Å²) in [5, 5.41) is 4.92. The predicted octanol–water partition coefficient (Wildman–Crippen LogP) is 3.02. The van der Waals surface area contributed by atoms with Crippen molar-refractivity contribution in [2.75, 3.05) is 20.8 Å². The van der Waals surface area contributed by atoms with E-state index in [1.165, 1.54) is 35.9 Å². The van der Waals surface area contributed by atoms with Crippen molar-refractivity contribution in [3.05, 3.63) is 69.9 Å². The first-order chi connectivity index (χ1) is 15.7. The topological polar surface area (TPSA) is 90.7 Å². The van der Waals surface area contributed by atoms with Crippen LogP contribution in [-0.4, -0.2) is 47.3 Å². The molecule has 0 aliphatic rings. The third-order valence-electron chi connectivity index (χ3n) is 4.99. The molecule has 1 amide bonds. The fourth-order valence-electron chi connectivity index (χ4n) is 3.33. The third-order valence-corrected chi connectivity index (χ3v) is 4.99. The number of amides is 1. The number of rotatable bonds is 8. The highest BCUT2D eigenvalue weighted by Crippen LogP contribution is 2.19. The van der Waals surface area contributed by atoms with E-state index in [2.05, 4.69) is 5.10 Å². The zero-order valence-electron chi connectivity index (χ0n) is 19.0. The van der Waals surface area contributed by atoms with Gasteiger partial charge in [-0.25, -0.2) is 13.9 Å². The highest BCUT2D eigenvalue weighted by molar-refractivity contribution is 6.02. The van der Waals surface area contributed by atoms with E-state index in [0.717, 1.165) is 0 Å². The maximum Gasteiger partial charge on any atom is 0.359 e. The number of methoxy groups -OCH3 is 1. The first kappa shape index (κ1) is 23.9. The Labute approximate surface area is 190 Å². The van der Waals surface area contributed by atoms with Gasteiger partial charge in [0.1, 0.15) is 0 Å². The normalized spacial score (nSPS) is 11.0. The number of hydrogen-bond acceptors (Lipinski definition) is 6. The highest BCUT2D eigenvalue weighted by Gasteiger charge is 2.20. The Kier molecular flexibility index (Phi) is 7.42. The lowest BCUT2D eigenvalue weighted by molar-refractivity contribution is -0.133. The molecule has 0 spiro atoms. The lowest BCUT2D eigenvalue weighted by Crippen LogP contribution is -2.32. The van der Waals surface area contributed by atoms with Crippen LogP contribution in [-0.2, 0) is 22.6 Å². The summed E-state index contributed by atoms with van der Waals surface area (Å²) in [4.78, 5) is 39.3. The van der Waals surface area contributed by atoms with Gasteiger partial charge in [0, 0.05) is 25.5 Å². The minimum absolute atomic E-state index is 0.0291. The van der Waals surface area contributed by atoms with Gasteiger partial charge in [-0.2, -0.15) is 5.10 Å². The summed E-state index contributed by atoms with van der Waals surface area (Å²) in [5.41, 5.74) is 0.237. The Morgan fingerprint density at radius 1 is 1.15 bits per heavy atom. The van der Waals surface area contributed by atoms with Gasteiger partial charge in [-0.1, -0.05) is 38.1 Å². The van der Waals surface area contributed by atoms with Gasteiger partial charge in [-0.05, 0) is 29.7 Å². The van der Waals surface area contributed by atoms with E-state index in [1.54, 1.807) is 30.3 Å². The van der Waals surface area contributed by atoms with E-state index in [1.807, 2.05) is 13.8 Å². The molecule has 2 aromatic carbocycles. The number of aromatic nitrogens is 2. The summed E-state index contributed by atoms with van der Waals surface area (Å²) in [6.45, 7) is 3.81. The largest absolute Gasteiger partial charge is 0.494 e. The summed E-state index contributed by atoms with van der Waals surface area (Å²) in [6.07, 6.45) is 0. The van der Waals surface area contributed by atoms with Gasteiger partial charge in [-0.15, -0.1) is 0 Å². The first-order valence-electron chi connectivity index (χ1n) is 10.4. The van der Waals surface area contributed by atoms with Crippen molar-refractivity contribution >= 4 is 22.6 Å². The summed E-state index contributed by atoms with van der Waals surface area (Å²) in [6, 6.07) is 11.0. The molecule has 0 N–H and O–H groups in total. The molecule has 174 valence electrons. The zero-order chi connectivity index (χ0) is 24.1. The van der Waals surface area contributed by atoms with Crippen molar-refractivity contribution in [1.29, 1.82) is 0 Å². The molecule has 0 saturated heterocycles.